The van der Waals surface area contributed by atoms with Crippen LogP contribution in [0.3, 0.4) is 0 Å². The number of furan rings is 1. The van der Waals surface area contributed by atoms with Crippen molar-refractivity contribution in [3.8, 4) is 11.3 Å². The molecule has 0 unspecified atom stereocenters. The molecule has 1 heterocycles. The van der Waals surface area contributed by atoms with Crippen molar-refractivity contribution < 1.29 is 19.1 Å². The number of rotatable bonds is 8. The highest BCUT2D eigenvalue weighted by Crippen LogP contribution is 2.23. The lowest BCUT2D eigenvalue weighted by Gasteiger charge is -2.09. The number of anilines is 1. The Morgan fingerprint density at radius 3 is 2.45 bits per heavy atom. The topological polar surface area (TPSA) is 91.6 Å². The minimum absolute atomic E-state index is 0.0903. The summed E-state index contributed by atoms with van der Waals surface area (Å²) < 4.78 is 5.85. The van der Waals surface area contributed by atoms with Gasteiger partial charge >= 0.3 is 5.97 Å². The summed E-state index contributed by atoms with van der Waals surface area (Å²) in [6.07, 6.45) is 0. The van der Waals surface area contributed by atoms with E-state index in [4.69, 9.17) is 9.52 Å². The molecule has 0 aliphatic heterocycles. The number of amides is 1. The zero-order chi connectivity index (χ0) is 20.8. The summed E-state index contributed by atoms with van der Waals surface area (Å²) in [5, 5.41) is 15.1. The van der Waals surface area contributed by atoms with E-state index in [1.165, 1.54) is 0 Å². The number of benzene rings is 2. The van der Waals surface area contributed by atoms with Crippen molar-refractivity contribution in [1.29, 1.82) is 0 Å². The fourth-order valence-corrected chi connectivity index (χ4v) is 2.76. The van der Waals surface area contributed by atoms with Crippen LogP contribution in [0, 0.1) is 5.92 Å². The highest BCUT2D eigenvalue weighted by Gasteiger charge is 2.09. The molecule has 0 bridgehead atoms. The van der Waals surface area contributed by atoms with E-state index >= 15 is 0 Å². The summed E-state index contributed by atoms with van der Waals surface area (Å²) in [5.41, 5.74) is 2.48. The molecule has 0 saturated heterocycles. The summed E-state index contributed by atoms with van der Waals surface area (Å²) in [4.78, 5) is 23.2. The van der Waals surface area contributed by atoms with Crippen molar-refractivity contribution in [3.63, 3.8) is 0 Å². The number of aromatic carboxylic acids is 1. The van der Waals surface area contributed by atoms with Crippen molar-refractivity contribution in [2.24, 2.45) is 5.92 Å². The van der Waals surface area contributed by atoms with Crippen LogP contribution in [0.25, 0.3) is 11.3 Å². The second kappa shape index (κ2) is 9.10. The SMILES string of the molecule is CC(C)CNC(=O)c1cccc(NCc2ccc(-c3ccc(C(=O)O)cc3)o2)c1. The molecule has 0 atom stereocenters. The molecular formula is C23H24N2O4. The quantitative estimate of drug-likeness (QED) is 0.519. The van der Waals surface area contributed by atoms with Gasteiger partial charge in [-0.15, -0.1) is 0 Å². The average molecular weight is 392 g/mol. The normalized spacial score (nSPS) is 10.7. The Balaban J connectivity index is 1.61. The Morgan fingerprint density at radius 2 is 1.76 bits per heavy atom. The molecule has 1 aromatic heterocycles. The van der Waals surface area contributed by atoms with E-state index in [1.54, 1.807) is 30.3 Å². The monoisotopic (exact) mass is 392 g/mol. The van der Waals surface area contributed by atoms with Crippen molar-refractivity contribution in [2.75, 3.05) is 11.9 Å². The van der Waals surface area contributed by atoms with Gasteiger partial charge in [0.2, 0.25) is 0 Å². The first-order valence-electron chi connectivity index (χ1n) is 9.47. The predicted molar refractivity (Wildman–Crippen MR) is 112 cm³/mol. The summed E-state index contributed by atoms with van der Waals surface area (Å²) in [7, 11) is 0. The highest BCUT2D eigenvalue weighted by atomic mass is 16.4. The molecule has 2 aromatic carbocycles. The maximum absolute atomic E-state index is 12.2. The Labute approximate surface area is 169 Å². The van der Waals surface area contributed by atoms with E-state index in [0.717, 1.165) is 17.0 Å². The van der Waals surface area contributed by atoms with Crippen molar-refractivity contribution in [2.45, 2.75) is 20.4 Å². The third-order valence-corrected chi connectivity index (χ3v) is 4.34. The minimum Gasteiger partial charge on any atom is -0.478 e. The van der Waals surface area contributed by atoms with E-state index in [1.807, 2.05) is 30.3 Å². The number of carbonyl (C=O) groups excluding carboxylic acids is 1. The lowest BCUT2D eigenvalue weighted by atomic mass is 10.1. The first-order valence-corrected chi connectivity index (χ1v) is 9.47. The van der Waals surface area contributed by atoms with Gasteiger partial charge in [-0.05, 0) is 48.4 Å². The van der Waals surface area contributed by atoms with Crippen LogP contribution in [-0.4, -0.2) is 23.5 Å². The number of carboxylic acids is 1. The lowest BCUT2D eigenvalue weighted by Crippen LogP contribution is -2.27. The molecule has 0 radical (unpaired) electrons. The van der Waals surface area contributed by atoms with Crippen LogP contribution in [0.5, 0.6) is 0 Å². The fraction of sp³-hybridized carbons (Fsp3) is 0.217. The van der Waals surface area contributed by atoms with E-state index in [0.29, 0.717) is 30.3 Å². The summed E-state index contributed by atoms with van der Waals surface area (Å²) in [5.74, 6) is 0.750. The van der Waals surface area contributed by atoms with Crippen molar-refractivity contribution >= 4 is 17.6 Å². The van der Waals surface area contributed by atoms with Gasteiger partial charge in [-0.2, -0.15) is 0 Å². The second-order valence-corrected chi connectivity index (χ2v) is 7.19. The number of carboxylic acid groups (broad SMARTS) is 1. The second-order valence-electron chi connectivity index (χ2n) is 7.19. The van der Waals surface area contributed by atoms with Gasteiger partial charge in [0.15, 0.2) is 0 Å². The number of hydrogen-bond donors (Lipinski definition) is 3. The minimum atomic E-state index is -0.957. The summed E-state index contributed by atoms with van der Waals surface area (Å²) in [6.45, 7) is 5.20. The van der Waals surface area contributed by atoms with Gasteiger partial charge in [0.05, 0.1) is 12.1 Å². The van der Waals surface area contributed by atoms with E-state index < -0.39 is 5.97 Å². The number of carbonyl (C=O) groups is 2. The third kappa shape index (κ3) is 5.48. The van der Waals surface area contributed by atoms with Crippen LogP contribution >= 0.6 is 0 Å². The van der Waals surface area contributed by atoms with Crippen molar-refractivity contribution in [3.05, 3.63) is 77.6 Å². The van der Waals surface area contributed by atoms with E-state index in [-0.39, 0.29) is 11.5 Å². The molecule has 150 valence electrons. The van der Waals surface area contributed by atoms with Crippen LogP contribution in [0.1, 0.15) is 40.3 Å². The van der Waals surface area contributed by atoms with Gasteiger partial charge in [0.25, 0.3) is 5.91 Å². The largest absolute Gasteiger partial charge is 0.478 e. The van der Waals surface area contributed by atoms with Crippen molar-refractivity contribution in [1.82, 2.24) is 5.32 Å². The van der Waals surface area contributed by atoms with Gasteiger partial charge in [0, 0.05) is 23.4 Å². The Bertz CT molecular complexity index is 990. The smallest absolute Gasteiger partial charge is 0.335 e. The average Bonchev–Trinajstić information content (AvgIpc) is 3.20. The number of nitrogens with one attached hydrogen (secondary N) is 2. The Morgan fingerprint density at radius 1 is 1.00 bits per heavy atom. The van der Waals surface area contributed by atoms with Crippen LogP contribution in [0.4, 0.5) is 5.69 Å². The van der Waals surface area contributed by atoms with E-state index in [9.17, 15) is 9.59 Å². The van der Waals surface area contributed by atoms with Crippen LogP contribution in [-0.2, 0) is 6.54 Å². The summed E-state index contributed by atoms with van der Waals surface area (Å²) >= 11 is 0. The molecule has 29 heavy (non-hydrogen) atoms. The molecule has 6 nitrogen and oxygen atoms in total. The van der Waals surface area contributed by atoms with Gasteiger partial charge < -0.3 is 20.2 Å². The van der Waals surface area contributed by atoms with Gasteiger partial charge in [0.1, 0.15) is 11.5 Å². The molecule has 0 aliphatic rings. The molecule has 6 heteroatoms. The Hall–Kier alpha value is -3.54. The molecule has 0 aliphatic carbocycles. The lowest BCUT2D eigenvalue weighted by molar-refractivity contribution is 0.0696. The van der Waals surface area contributed by atoms with Crippen LogP contribution in [0.2, 0.25) is 0 Å². The summed E-state index contributed by atoms with van der Waals surface area (Å²) in [6, 6.07) is 17.6. The number of hydrogen-bond acceptors (Lipinski definition) is 4. The van der Waals surface area contributed by atoms with Gasteiger partial charge in [-0.1, -0.05) is 32.0 Å². The van der Waals surface area contributed by atoms with Crippen LogP contribution in [0.15, 0.2) is 65.1 Å². The molecule has 3 rings (SSSR count). The molecular weight excluding hydrogens is 368 g/mol. The van der Waals surface area contributed by atoms with Gasteiger partial charge in [-0.25, -0.2) is 4.79 Å². The fourth-order valence-electron chi connectivity index (χ4n) is 2.76. The predicted octanol–water partition coefficient (Wildman–Crippen LogP) is 4.64. The highest BCUT2D eigenvalue weighted by molar-refractivity contribution is 5.95. The first-order chi connectivity index (χ1) is 13.9. The molecule has 0 fully saturated rings. The molecule has 0 spiro atoms. The Kier molecular flexibility index (Phi) is 6.34. The van der Waals surface area contributed by atoms with Gasteiger partial charge in [-0.3, -0.25) is 4.79 Å². The molecule has 1 amide bonds. The van der Waals surface area contributed by atoms with E-state index in [2.05, 4.69) is 24.5 Å². The maximum Gasteiger partial charge on any atom is 0.335 e. The standard InChI is InChI=1S/C23H24N2O4/c1-15(2)13-25-22(26)18-4-3-5-19(12-18)24-14-20-10-11-21(29-20)16-6-8-17(9-7-16)23(27)28/h3-12,15,24H,13-14H2,1-2H3,(H,25,26)(H,27,28). The zero-order valence-electron chi connectivity index (χ0n) is 16.4. The maximum atomic E-state index is 12.2. The zero-order valence-corrected chi connectivity index (χ0v) is 16.4. The molecule has 3 N–H and O–H groups in total. The molecule has 0 saturated carbocycles. The third-order valence-electron chi connectivity index (χ3n) is 4.34. The molecule has 3 aromatic rings. The first kappa shape index (κ1) is 20.2. The van der Waals surface area contributed by atoms with Crippen LogP contribution < -0.4 is 10.6 Å².